The van der Waals surface area contributed by atoms with E-state index in [4.69, 9.17) is 0 Å². The van der Waals surface area contributed by atoms with Gasteiger partial charge in [-0.1, -0.05) is 50.4 Å². The first-order chi connectivity index (χ1) is 9.78. The summed E-state index contributed by atoms with van der Waals surface area (Å²) in [5.74, 6) is 0. The Labute approximate surface area is 124 Å². The third kappa shape index (κ3) is 5.07. The molecular formula is C14H24N4OS. The molecule has 0 spiro atoms. The molecule has 5 nitrogen and oxygen atoms in total. The fraction of sp³-hybridized carbons (Fsp3) is 0.786. The summed E-state index contributed by atoms with van der Waals surface area (Å²) in [6, 6.07) is 0.175. The molecule has 0 aliphatic heterocycles. The van der Waals surface area contributed by atoms with Crippen LogP contribution < -0.4 is 10.6 Å². The van der Waals surface area contributed by atoms with E-state index in [-0.39, 0.29) is 6.03 Å². The summed E-state index contributed by atoms with van der Waals surface area (Å²) in [5.41, 5.74) is 0. The van der Waals surface area contributed by atoms with Crippen LogP contribution in [0.4, 0.5) is 9.93 Å². The van der Waals surface area contributed by atoms with Crippen molar-refractivity contribution < 1.29 is 4.79 Å². The number of unbranched alkanes of at least 4 members (excludes halogenated alkanes) is 2. The molecule has 20 heavy (non-hydrogen) atoms. The largest absolute Gasteiger partial charge is 0.335 e. The van der Waals surface area contributed by atoms with Crippen molar-refractivity contribution in [2.75, 3.05) is 5.32 Å². The molecule has 2 rings (SSSR count). The highest BCUT2D eigenvalue weighted by molar-refractivity contribution is 7.15. The number of hydrogen-bond donors (Lipinski definition) is 2. The van der Waals surface area contributed by atoms with Crippen molar-refractivity contribution in [3.8, 4) is 0 Å². The Morgan fingerprint density at radius 2 is 2.05 bits per heavy atom. The van der Waals surface area contributed by atoms with E-state index < -0.39 is 0 Å². The number of hydrogen-bond acceptors (Lipinski definition) is 4. The molecule has 112 valence electrons. The van der Waals surface area contributed by atoms with Crippen LogP contribution in [-0.4, -0.2) is 22.3 Å². The van der Waals surface area contributed by atoms with Crippen LogP contribution in [0, 0.1) is 0 Å². The van der Waals surface area contributed by atoms with Crippen LogP contribution >= 0.6 is 11.3 Å². The SMILES string of the molecule is CCCCCc1nnc(NC(=O)NC2CCCCC2)s1. The van der Waals surface area contributed by atoms with Gasteiger partial charge < -0.3 is 5.32 Å². The molecule has 1 fully saturated rings. The summed E-state index contributed by atoms with van der Waals surface area (Å²) in [4.78, 5) is 11.9. The number of carbonyl (C=O) groups is 1. The monoisotopic (exact) mass is 296 g/mol. The van der Waals surface area contributed by atoms with Gasteiger partial charge >= 0.3 is 6.03 Å². The van der Waals surface area contributed by atoms with Crippen molar-refractivity contribution in [3.05, 3.63) is 5.01 Å². The third-order valence-electron chi connectivity index (χ3n) is 3.62. The molecule has 0 saturated heterocycles. The van der Waals surface area contributed by atoms with E-state index in [1.807, 2.05) is 0 Å². The summed E-state index contributed by atoms with van der Waals surface area (Å²) < 4.78 is 0. The first kappa shape index (κ1) is 15.2. The Hall–Kier alpha value is -1.17. The van der Waals surface area contributed by atoms with Gasteiger partial charge in [0.25, 0.3) is 0 Å². The summed E-state index contributed by atoms with van der Waals surface area (Å²) >= 11 is 1.48. The highest BCUT2D eigenvalue weighted by atomic mass is 32.1. The lowest BCUT2D eigenvalue weighted by atomic mass is 9.96. The average molecular weight is 296 g/mol. The van der Waals surface area contributed by atoms with Gasteiger partial charge in [0.05, 0.1) is 0 Å². The average Bonchev–Trinajstić information content (AvgIpc) is 2.87. The zero-order chi connectivity index (χ0) is 14.2. The molecule has 6 heteroatoms. The van der Waals surface area contributed by atoms with Gasteiger partial charge in [-0.25, -0.2) is 4.79 Å². The van der Waals surface area contributed by atoms with Gasteiger partial charge in [0, 0.05) is 12.5 Å². The van der Waals surface area contributed by atoms with Crippen LogP contribution in [0.1, 0.15) is 63.3 Å². The maximum Gasteiger partial charge on any atom is 0.321 e. The van der Waals surface area contributed by atoms with Crippen molar-refractivity contribution in [2.45, 2.75) is 70.8 Å². The second-order valence-corrected chi connectivity index (χ2v) is 6.45. The molecule has 1 heterocycles. The number of aryl methyl sites for hydroxylation is 1. The van der Waals surface area contributed by atoms with Crippen LogP contribution in [0.25, 0.3) is 0 Å². The first-order valence-corrected chi connectivity index (χ1v) is 8.49. The van der Waals surface area contributed by atoms with Crippen LogP contribution in [0.15, 0.2) is 0 Å². The normalized spacial score (nSPS) is 16.1. The van der Waals surface area contributed by atoms with Gasteiger partial charge in [-0.2, -0.15) is 0 Å². The number of amides is 2. The molecule has 1 aliphatic rings. The molecular weight excluding hydrogens is 272 g/mol. The van der Waals surface area contributed by atoms with Crippen molar-refractivity contribution in [3.63, 3.8) is 0 Å². The molecule has 1 saturated carbocycles. The second kappa shape index (κ2) is 8.19. The van der Waals surface area contributed by atoms with Gasteiger partial charge in [-0.15, -0.1) is 10.2 Å². The number of anilines is 1. The molecule has 2 N–H and O–H groups in total. The highest BCUT2D eigenvalue weighted by Gasteiger charge is 2.16. The Morgan fingerprint density at radius 3 is 2.80 bits per heavy atom. The van der Waals surface area contributed by atoms with Gasteiger partial charge in [0.2, 0.25) is 5.13 Å². The zero-order valence-corrected chi connectivity index (χ0v) is 13.0. The van der Waals surface area contributed by atoms with Gasteiger partial charge in [0.1, 0.15) is 5.01 Å². The molecule has 0 bridgehead atoms. The minimum Gasteiger partial charge on any atom is -0.335 e. The zero-order valence-electron chi connectivity index (χ0n) is 12.2. The molecule has 1 aliphatic carbocycles. The third-order valence-corrected chi connectivity index (χ3v) is 4.52. The summed E-state index contributed by atoms with van der Waals surface area (Å²) in [6.07, 6.45) is 10.4. The topological polar surface area (TPSA) is 66.9 Å². The number of urea groups is 1. The standard InChI is InChI=1S/C14H24N4OS/c1-2-3-5-10-12-17-18-14(20-12)16-13(19)15-11-8-6-4-7-9-11/h11H,2-10H2,1H3,(H2,15,16,18,19). The van der Waals surface area contributed by atoms with E-state index in [1.54, 1.807) is 0 Å². The summed E-state index contributed by atoms with van der Waals surface area (Å²) in [6.45, 7) is 2.18. The number of aromatic nitrogens is 2. The van der Waals surface area contributed by atoms with Crippen molar-refractivity contribution in [1.29, 1.82) is 0 Å². The van der Waals surface area contributed by atoms with E-state index in [1.165, 1.54) is 43.4 Å². The van der Waals surface area contributed by atoms with Crippen LogP contribution in [0.3, 0.4) is 0 Å². The minimum atomic E-state index is -0.145. The van der Waals surface area contributed by atoms with E-state index in [0.717, 1.165) is 30.7 Å². The predicted molar refractivity (Wildman–Crippen MR) is 82.2 cm³/mol. The molecule has 1 aromatic heterocycles. The van der Waals surface area contributed by atoms with Crippen LogP contribution in [0.5, 0.6) is 0 Å². The number of rotatable bonds is 6. The van der Waals surface area contributed by atoms with E-state index >= 15 is 0 Å². The minimum absolute atomic E-state index is 0.145. The van der Waals surface area contributed by atoms with E-state index in [9.17, 15) is 4.79 Å². The number of nitrogens with one attached hydrogen (secondary N) is 2. The fourth-order valence-corrected chi connectivity index (χ4v) is 3.27. The quantitative estimate of drug-likeness (QED) is 0.786. The van der Waals surface area contributed by atoms with Gasteiger partial charge in [0.15, 0.2) is 0 Å². The number of nitrogens with zero attached hydrogens (tertiary/aromatic N) is 2. The van der Waals surface area contributed by atoms with E-state index in [2.05, 4.69) is 27.8 Å². The Morgan fingerprint density at radius 1 is 1.25 bits per heavy atom. The number of carbonyl (C=O) groups excluding carboxylic acids is 1. The predicted octanol–water partition coefficient (Wildman–Crippen LogP) is 3.73. The van der Waals surface area contributed by atoms with E-state index in [0.29, 0.717) is 11.2 Å². The Bertz CT molecular complexity index is 415. The second-order valence-electron chi connectivity index (χ2n) is 5.39. The Kier molecular flexibility index (Phi) is 6.24. The Balaban J connectivity index is 1.73. The molecule has 0 radical (unpaired) electrons. The van der Waals surface area contributed by atoms with Gasteiger partial charge in [-0.3, -0.25) is 5.32 Å². The van der Waals surface area contributed by atoms with Gasteiger partial charge in [-0.05, 0) is 19.3 Å². The maximum absolute atomic E-state index is 11.9. The smallest absolute Gasteiger partial charge is 0.321 e. The molecule has 0 atom stereocenters. The maximum atomic E-state index is 11.9. The molecule has 2 amide bonds. The molecule has 0 aromatic carbocycles. The summed E-state index contributed by atoms with van der Waals surface area (Å²) in [5, 5.41) is 15.6. The molecule has 1 aromatic rings. The van der Waals surface area contributed by atoms with Crippen LogP contribution in [0.2, 0.25) is 0 Å². The lowest BCUT2D eigenvalue weighted by Crippen LogP contribution is -2.38. The lowest BCUT2D eigenvalue weighted by molar-refractivity contribution is 0.244. The van der Waals surface area contributed by atoms with Crippen molar-refractivity contribution in [1.82, 2.24) is 15.5 Å². The van der Waals surface area contributed by atoms with Crippen molar-refractivity contribution >= 4 is 22.5 Å². The summed E-state index contributed by atoms with van der Waals surface area (Å²) in [7, 11) is 0. The lowest BCUT2D eigenvalue weighted by Gasteiger charge is -2.22. The fourth-order valence-electron chi connectivity index (χ4n) is 2.50. The van der Waals surface area contributed by atoms with Crippen molar-refractivity contribution in [2.24, 2.45) is 0 Å². The highest BCUT2D eigenvalue weighted by Crippen LogP contribution is 2.19. The van der Waals surface area contributed by atoms with Crippen LogP contribution in [-0.2, 0) is 6.42 Å². The molecule has 0 unspecified atom stereocenters. The first-order valence-electron chi connectivity index (χ1n) is 7.68.